The molecule has 3 aliphatic rings. The van der Waals surface area contributed by atoms with Crippen molar-refractivity contribution in [1.82, 2.24) is 0 Å². The van der Waals surface area contributed by atoms with E-state index in [1.54, 1.807) is 6.20 Å². The summed E-state index contributed by atoms with van der Waals surface area (Å²) in [5.74, 6) is 1.05. The van der Waals surface area contributed by atoms with Gasteiger partial charge in [0.1, 0.15) is 11.1 Å². The molecule has 1 aromatic rings. The number of hydrogen-bond donors (Lipinski definition) is 0. The zero-order chi connectivity index (χ0) is 15.4. The van der Waals surface area contributed by atoms with Crippen molar-refractivity contribution in [3.8, 4) is 0 Å². The Morgan fingerprint density at radius 2 is 1.86 bits per heavy atom. The van der Waals surface area contributed by atoms with Crippen LogP contribution in [0.1, 0.15) is 38.7 Å². The van der Waals surface area contributed by atoms with Gasteiger partial charge in [-0.15, -0.1) is 0 Å². The SMILES string of the molecule is [C-]#[N+]/C=C\[C@@]12N=N[C@@](c3ccccc3)([C@H]3CCC[C@H]31)C2(C)C. The van der Waals surface area contributed by atoms with Crippen LogP contribution in [0.15, 0.2) is 52.8 Å². The standard InChI is InChI=1S/C19H21N3/c1-17(2)18(12-13-20-3)15-10-7-11-16(15)19(17,22-21-18)14-8-5-4-6-9-14/h4-6,8-9,12-13,15-16H,7,10-11H2,1-2H3/b13-12-/t15-,16+,18-,19+/m1/s1. The highest BCUT2D eigenvalue weighted by molar-refractivity contribution is 5.43. The molecule has 2 fully saturated rings. The molecule has 112 valence electrons. The topological polar surface area (TPSA) is 29.1 Å². The predicted octanol–water partition coefficient (Wildman–Crippen LogP) is 4.98. The van der Waals surface area contributed by atoms with Crippen LogP contribution < -0.4 is 0 Å². The van der Waals surface area contributed by atoms with Crippen LogP contribution in [0, 0.1) is 23.8 Å². The third-order valence-corrected chi connectivity index (χ3v) is 6.56. The van der Waals surface area contributed by atoms with Gasteiger partial charge in [0.05, 0.1) is 6.57 Å². The minimum atomic E-state index is -0.311. The summed E-state index contributed by atoms with van der Waals surface area (Å²) in [5, 5.41) is 9.71. The molecule has 0 aromatic heterocycles. The molecule has 0 N–H and O–H groups in total. The van der Waals surface area contributed by atoms with Crippen molar-refractivity contribution in [2.24, 2.45) is 27.5 Å². The van der Waals surface area contributed by atoms with E-state index in [0.29, 0.717) is 11.8 Å². The van der Waals surface area contributed by atoms with E-state index in [9.17, 15) is 0 Å². The van der Waals surface area contributed by atoms with Gasteiger partial charge in [-0.05, 0) is 30.2 Å². The van der Waals surface area contributed by atoms with Crippen LogP contribution in [0.2, 0.25) is 0 Å². The first kappa shape index (κ1) is 13.7. The summed E-state index contributed by atoms with van der Waals surface area (Å²) in [7, 11) is 0. The van der Waals surface area contributed by atoms with E-state index in [-0.39, 0.29) is 16.5 Å². The lowest BCUT2D eigenvalue weighted by atomic mass is 9.63. The lowest BCUT2D eigenvalue weighted by Gasteiger charge is -2.40. The first-order valence-corrected chi connectivity index (χ1v) is 8.14. The number of rotatable bonds is 2. The van der Waals surface area contributed by atoms with Gasteiger partial charge in [0, 0.05) is 5.41 Å². The maximum atomic E-state index is 7.14. The van der Waals surface area contributed by atoms with Gasteiger partial charge < -0.3 is 0 Å². The van der Waals surface area contributed by atoms with Crippen molar-refractivity contribution in [1.29, 1.82) is 0 Å². The van der Waals surface area contributed by atoms with Crippen LogP contribution in [-0.2, 0) is 5.54 Å². The Morgan fingerprint density at radius 3 is 2.59 bits per heavy atom. The minimum absolute atomic E-state index is 0.0989. The molecule has 2 saturated carbocycles. The Balaban J connectivity index is 1.96. The molecule has 1 aliphatic heterocycles. The maximum absolute atomic E-state index is 7.14. The highest BCUT2D eigenvalue weighted by Crippen LogP contribution is 2.74. The van der Waals surface area contributed by atoms with Crippen LogP contribution >= 0.6 is 0 Å². The smallest absolute Gasteiger partial charge is 0.152 e. The highest BCUT2D eigenvalue weighted by Gasteiger charge is 2.76. The van der Waals surface area contributed by atoms with Gasteiger partial charge in [0.2, 0.25) is 0 Å². The Morgan fingerprint density at radius 1 is 1.14 bits per heavy atom. The predicted molar refractivity (Wildman–Crippen MR) is 86.1 cm³/mol. The van der Waals surface area contributed by atoms with Gasteiger partial charge in [0.15, 0.2) is 6.20 Å². The number of hydrogen-bond acceptors (Lipinski definition) is 2. The molecule has 1 heterocycles. The fourth-order valence-electron chi connectivity index (χ4n) is 5.62. The average Bonchev–Trinajstić information content (AvgIpc) is 3.14. The molecule has 0 radical (unpaired) electrons. The van der Waals surface area contributed by atoms with Crippen LogP contribution in [0.3, 0.4) is 0 Å². The quantitative estimate of drug-likeness (QED) is 0.688. The molecule has 1 aromatic carbocycles. The third kappa shape index (κ3) is 1.28. The zero-order valence-corrected chi connectivity index (χ0v) is 13.2. The molecular formula is C19H21N3. The van der Waals surface area contributed by atoms with Crippen molar-refractivity contribution in [3.05, 3.63) is 59.6 Å². The van der Waals surface area contributed by atoms with E-state index in [0.717, 1.165) is 0 Å². The molecule has 4 rings (SSSR count). The molecule has 0 amide bonds. The van der Waals surface area contributed by atoms with E-state index < -0.39 is 0 Å². The maximum Gasteiger partial charge on any atom is 0.152 e. The van der Waals surface area contributed by atoms with Crippen molar-refractivity contribution in [2.75, 3.05) is 0 Å². The second-order valence-electron chi connectivity index (χ2n) is 7.37. The van der Waals surface area contributed by atoms with Gasteiger partial charge in [-0.1, -0.05) is 56.7 Å². The molecule has 3 nitrogen and oxygen atoms in total. The van der Waals surface area contributed by atoms with E-state index in [1.165, 1.54) is 24.8 Å². The van der Waals surface area contributed by atoms with Crippen LogP contribution in [0.4, 0.5) is 0 Å². The molecule has 2 aliphatic carbocycles. The van der Waals surface area contributed by atoms with E-state index in [1.807, 2.05) is 6.08 Å². The largest absolute Gasteiger partial charge is 0.246 e. The summed E-state index contributed by atoms with van der Waals surface area (Å²) in [5.41, 5.74) is 0.644. The van der Waals surface area contributed by atoms with Crippen LogP contribution in [0.5, 0.6) is 0 Å². The lowest BCUT2D eigenvalue weighted by Crippen LogP contribution is -2.45. The number of fused-ring (bicyclic) bond motifs is 5. The van der Waals surface area contributed by atoms with Gasteiger partial charge >= 0.3 is 0 Å². The van der Waals surface area contributed by atoms with Crippen LogP contribution in [-0.4, -0.2) is 5.54 Å². The van der Waals surface area contributed by atoms with E-state index in [4.69, 9.17) is 16.8 Å². The Hall–Kier alpha value is -1.95. The number of nitrogens with zero attached hydrogens (tertiary/aromatic N) is 3. The molecule has 0 saturated heterocycles. The molecular weight excluding hydrogens is 270 g/mol. The van der Waals surface area contributed by atoms with Gasteiger partial charge in [-0.25, -0.2) is 4.85 Å². The molecule has 22 heavy (non-hydrogen) atoms. The monoisotopic (exact) mass is 291 g/mol. The van der Waals surface area contributed by atoms with Gasteiger partial charge in [-0.2, -0.15) is 10.2 Å². The lowest BCUT2D eigenvalue weighted by molar-refractivity contribution is 0.164. The van der Waals surface area contributed by atoms with Crippen molar-refractivity contribution in [3.63, 3.8) is 0 Å². The molecule has 4 atom stereocenters. The first-order valence-electron chi connectivity index (χ1n) is 8.14. The third-order valence-electron chi connectivity index (χ3n) is 6.56. The fourth-order valence-corrected chi connectivity index (χ4v) is 5.62. The minimum Gasteiger partial charge on any atom is -0.246 e. The van der Waals surface area contributed by atoms with Gasteiger partial charge in [0.25, 0.3) is 0 Å². The Labute approximate surface area is 132 Å². The summed E-state index contributed by atoms with van der Waals surface area (Å²) in [4.78, 5) is 3.45. The summed E-state index contributed by atoms with van der Waals surface area (Å²) in [6, 6.07) is 10.7. The van der Waals surface area contributed by atoms with E-state index in [2.05, 4.69) is 49.0 Å². The summed E-state index contributed by atoms with van der Waals surface area (Å²) in [6.45, 7) is 11.7. The molecule has 0 spiro atoms. The number of azo groups is 1. The van der Waals surface area contributed by atoms with Crippen molar-refractivity contribution in [2.45, 2.75) is 44.2 Å². The second-order valence-corrected chi connectivity index (χ2v) is 7.37. The van der Waals surface area contributed by atoms with Crippen LogP contribution in [0.25, 0.3) is 4.85 Å². The molecule has 3 heteroatoms. The first-order chi connectivity index (χ1) is 10.6. The Kier molecular flexibility index (Phi) is 2.67. The summed E-state index contributed by atoms with van der Waals surface area (Å²) < 4.78 is 0. The molecule has 2 bridgehead atoms. The zero-order valence-electron chi connectivity index (χ0n) is 13.2. The van der Waals surface area contributed by atoms with Crippen molar-refractivity contribution >= 4 is 0 Å². The second kappa shape index (κ2) is 4.29. The average molecular weight is 291 g/mol. The van der Waals surface area contributed by atoms with Crippen molar-refractivity contribution < 1.29 is 0 Å². The fraction of sp³-hybridized carbons (Fsp3) is 0.526. The van der Waals surface area contributed by atoms with E-state index >= 15 is 0 Å². The molecule has 0 unspecified atom stereocenters. The normalized spacial score (nSPS) is 41.0. The Bertz CT molecular complexity index is 697. The summed E-state index contributed by atoms with van der Waals surface area (Å²) in [6.07, 6.45) is 7.31. The summed E-state index contributed by atoms with van der Waals surface area (Å²) >= 11 is 0. The van der Waals surface area contributed by atoms with Gasteiger partial charge in [-0.3, -0.25) is 0 Å². The number of benzene rings is 1. The highest BCUT2D eigenvalue weighted by atomic mass is 15.3.